The van der Waals surface area contributed by atoms with Crippen LogP contribution in [-0.2, 0) is 13.1 Å². The molecule has 0 aliphatic rings. The molecule has 2 heterocycles. The predicted octanol–water partition coefficient (Wildman–Crippen LogP) is 2.56. The first kappa shape index (κ1) is 11.6. The zero-order chi connectivity index (χ0) is 11.4. The van der Waals surface area contributed by atoms with E-state index < -0.39 is 0 Å². The van der Waals surface area contributed by atoms with Crippen LogP contribution in [0.25, 0.3) is 0 Å². The van der Waals surface area contributed by atoms with Crippen LogP contribution < -0.4 is 10.2 Å². The van der Waals surface area contributed by atoms with Crippen molar-refractivity contribution in [2.24, 2.45) is 0 Å². The number of hydrogen-bond donors (Lipinski definition) is 1. The van der Waals surface area contributed by atoms with Crippen LogP contribution in [-0.4, -0.2) is 19.1 Å². The highest BCUT2D eigenvalue weighted by atomic mass is 32.1. The van der Waals surface area contributed by atoms with Crippen molar-refractivity contribution >= 4 is 27.8 Å². The molecule has 0 saturated heterocycles. The average Bonchev–Trinajstić information content (AvgIpc) is 2.89. The predicted molar refractivity (Wildman–Crippen MR) is 71.3 cm³/mol. The molecule has 0 aromatic carbocycles. The van der Waals surface area contributed by atoms with Crippen molar-refractivity contribution in [1.82, 2.24) is 10.3 Å². The van der Waals surface area contributed by atoms with Crippen molar-refractivity contribution in [3.05, 3.63) is 33.5 Å². The van der Waals surface area contributed by atoms with Gasteiger partial charge in [0.2, 0.25) is 0 Å². The number of thiophene rings is 1. The van der Waals surface area contributed by atoms with Crippen LogP contribution in [0, 0.1) is 0 Å². The van der Waals surface area contributed by atoms with E-state index in [-0.39, 0.29) is 0 Å². The van der Waals surface area contributed by atoms with E-state index in [0.717, 1.165) is 18.2 Å². The molecule has 2 aromatic heterocycles. The van der Waals surface area contributed by atoms with Gasteiger partial charge in [-0.05, 0) is 29.4 Å². The molecule has 0 amide bonds. The standard InChI is InChI=1S/C11H15N3S2/c1-12-5-10-6-13-11(16-10)14(2)7-9-3-4-15-8-9/h3-4,6,8,12H,5,7H2,1-2H3. The third-order valence-electron chi connectivity index (χ3n) is 2.22. The molecule has 2 aromatic rings. The zero-order valence-electron chi connectivity index (χ0n) is 9.43. The summed E-state index contributed by atoms with van der Waals surface area (Å²) in [5.41, 5.74) is 1.35. The van der Waals surface area contributed by atoms with Gasteiger partial charge in [0.05, 0.1) is 0 Å². The van der Waals surface area contributed by atoms with Crippen molar-refractivity contribution in [1.29, 1.82) is 0 Å². The number of nitrogens with zero attached hydrogens (tertiary/aromatic N) is 2. The van der Waals surface area contributed by atoms with Crippen LogP contribution in [0.1, 0.15) is 10.4 Å². The molecule has 0 bridgehead atoms. The number of rotatable bonds is 5. The Kier molecular flexibility index (Phi) is 3.93. The maximum atomic E-state index is 4.42. The third-order valence-corrected chi connectivity index (χ3v) is 4.06. The molecule has 0 saturated carbocycles. The van der Waals surface area contributed by atoms with E-state index in [0.29, 0.717) is 0 Å². The number of nitrogens with one attached hydrogen (secondary N) is 1. The van der Waals surface area contributed by atoms with Crippen molar-refractivity contribution < 1.29 is 0 Å². The minimum atomic E-state index is 0.893. The van der Waals surface area contributed by atoms with Crippen molar-refractivity contribution in [2.45, 2.75) is 13.1 Å². The molecule has 3 nitrogen and oxygen atoms in total. The lowest BCUT2D eigenvalue weighted by Crippen LogP contribution is -2.15. The molecule has 1 N–H and O–H groups in total. The Hall–Kier alpha value is -0.910. The normalized spacial score (nSPS) is 10.6. The minimum absolute atomic E-state index is 0.893. The Morgan fingerprint density at radius 2 is 2.38 bits per heavy atom. The molecule has 0 radical (unpaired) electrons. The van der Waals surface area contributed by atoms with Gasteiger partial charge in [-0.15, -0.1) is 11.3 Å². The van der Waals surface area contributed by atoms with Crippen molar-refractivity contribution in [2.75, 3.05) is 19.0 Å². The van der Waals surface area contributed by atoms with Gasteiger partial charge in [0.25, 0.3) is 0 Å². The average molecular weight is 253 g/mol. The molecule has 0 spiro atoms. The van der Waals surface area contributed by atoms with Gasteiger partial charge in [-0.2, -0.15) is 11.3 Å². The summed E-state index contributed by atoms with van der Waals surface area (Å²) in [6.45, 7) is 1.82. The van der Waals surface area contributed by atoms with E-state index in [2.05, 4.69) is 39.1 Å². The largest absolute Gasteiger partial charge is 0.347 e. The molecule has 86 valence electrons. The molecular formula is C11H15N3S2. The molecule has 0 aliphatic carbocycles. The minimum Gasteiger partial charge on any atom is -0.347 e. The van der Waals surface area contributed by atoms with Gasteiger partial charge >= 0.3 is 0 Å². The summed E-state index contributed by atoms with van der Waals surface area (Å²) >= 11 is 3.48. The van der Waals surface area contributed by atoms with E-state index in [4.69, 9.17) is 0 Å². The fourth-order valence-electron chi connectivity index (χ4n) is 1.45. The highest BCUT2D eigenvalue weighted by Gasteiger charge is 2.07. The summed E-state index contributed by atoms with van der Waals surface area (Å²) in [6, 6.07) is 2.16. The van der Waals surface area contributed by atoms with Crippen molar-refractivity contribution in [3.63, 3.8) is 0 Å². The first-order valence-corrected chi connectivity index (χ1v) is 6.87. The lowest BCUT2D eigenvalue weighted by molar-refractivity contribution is 0.829. The number of hydrogen-bond acceptors (Lipinski definition) is 5. The van der Waals surface area contributed by atoms with Crippen LogP contribution in [0.15, 0.2) is 23.0 Å². The SMILES string of the molecule is CNCc1cnc(N(C)Cc2ccsc2)s1. The van der Waals surface area contributed by atoms with E-state index in [1.807, 2.05) is 13.2 Å². The lowest BCUT2D eigenvalue weighted by atomic mass is 10.3. The van der Waals surface area contributed by atoms with Gasteiger partial charge in [0.15, 0.2) is 5.13 Å². The molecular weight excluding hydrogens is 238 g/mol. The summed E-state index contributed by atoms with van der Waals surface area (Å²) in [7, 11) is 4.04. The number of aromatic nitrogens is 1. The van der Waals surface area contributed by atoms with Gasteiger partial charge in [-0.3, -0.25) is 0 Å². The van der Waals surface area contributed by atoms with Crippen LogP contribution in [0.4, 0.5) is 5.13 Å². The zero-order valence-corrected chi connectivity index (χ0v) is 11.1. The van der Waals surface area contributed by atoms with Gasteiger partial charge in [-0.25, -0.2) is 4.98 Å². The van der Waals surface area contributed by atoms with E-state index in [1.54, 1.807) is 22.7 Å². The Morgan fingerprint density at radius 3 is 3.06 bits per heavy atom. The topological polar surface area (TPSA) is 28.2 Å². The van der Waals surface area contributed by atoms with Gasteiger partial charge < -0.3 is 10.2 Å². The summed E-state index contributed by atoms with van der Waals surface area (Å²) in [4.78, 5) is 7.88. The van der Waals surface area contributed by atoms with Gasteiger partial charge in [0, 0.05) is 31.2 Å². The Balaban J connectivity index is 2.00. The molecule has 0 unspecified atom stereocenters. The summed E-state index contributed by atoms with van der Waals surface area (Å²) in [5.74, 6) is 0. The molecule has 0 fully saturated rings. The third kappa shape index (κ3) is 2.81. The van der Waals surface area contributed by atoms with Crippen LogP contribution >= 0.6 is 22.7 Å². The van der Waals surface area contributed by atoms with Gasteiger partial charge in [0.1, 0.15) is 0 Å². The highest BCUT2D eigenvalue weighted by molar-refractivity contribution is 7.15. The van der Waals surface area contributed by atoms with E-state index >= 15 is 0 Å². The Bertz CT molecular complexity index is 422. The van der Waals surface area contributed by atoms with Crippen molar-refractivity contribution in [3.8, 4) is 0 Å². The lowest BCUT2D eigenvalue weighted by Gasteiger charge is -2.14. The second-order valence-electron chi connectivity index (χ2n) is 3.63. The summed E-state index contributed by atoms with van der Waals surface area (Å²) in [6.07, 6.45) is 1.95. The monoisotopic (exact) mass is 253 g/mol. The quantitative estimate of drug-likeness (QED) is 0.887. The maximum Gasteiger partial charge on any atom is 0.185 e. The maximum absolute atomic E-state index is 4.42. The molecule has 2 rings (SSSR count). The van der Waals surface area contributed by atoms with E-state index in [9.17, 15) is 0 Å². The molecule has 0 aliphatic heterocycles. The second kappa shape index (κ2) is 5.43. The van der Waals surface area contributed by atoms with Crippen LogP contribution in [0.3, 0.4) is 0 Å². The molecule has 5 heteroatoms. The van der Waals surface area contributed by atoms with Gasteiger partial charge in [-0.1, -0.05) is 0 Å². The summed E-state index contributed by atoms with van der Waals surface area (Å²) < 4.78 is 0. The molecule has 0 atom stereocenters. The van der Waals surface area contributed by atoms with Crippen LogP contribution in [0.5, 0.6) is 0 Å². The Morgan fingerprint density at radius 1 is 1.50 bits per heavy atom. The van der Waals surface area contributed by atoms with E-state index in [1.165, 1.54) is 10.4 Å². The van der Waals surface area contributed by atoms with Crippen LogP contribution in [0.2, 0.25) is 0 Å². The number of anilines is 1. The highest BCUT2D eigenvalue weighted by Crippen LogP contribution is 2.23. The fourth-order valence-corrected chi connectivity index (χ4v) is 3.00. The fraction of sp³-hybridized carbons (Fsp3) is 0.364. The second-order valence-corrected chi connectivity index (χ2v) is 5.50. The molecule has 16 heavy (non-hydrogen) atoms. The number of thiazole rings is 1. The Labute approximate surface area is 104 Å². The first-order chi connectivity index (χ1) is 7.79. The smallest absolute Gasteiger partial charge is 0.185 e. The first-order valence-electron chi connectivity index (χ1n) is 5.11. The summed E-state index contributed by atoms with van der Waals surface area (Å²) in [5, 5.41) is 8.50.